The second-order valence-electron chi connectivity index (χ2n) is 3.55. The van der Waals surface area contributed by atoms with Gasteiger partial charge in [-0.25, -0.2) is 0 Å². The van der Waals surface area contributed by atoms with Crippen molar-refractivity contribution in [1.29, 1.82) is 0 Å². The zero-order valence-corrected chi connectivity index (χ0v) is 9.44. The molecule has 2 N–H and O–H groups in total. The Morgan fingerprint density at radius 2 is 2.36 bits per heavy atom. The van der Waals surface area contributed by atoms with Crippen LogP contribution in [0.4, 0.5) is 0 Å². The molecule has 0 bridgehead atoms. The molecule has 0 aliphatic heterocycles. The quantitative estimate of drug-likeness (QED) is 0.746. The highest BCUT2D eigenvalue weighted by Gasteiger charge is 2.29. The number of rotatable bonds is 3. The van der Waals surface area contributed by atoms with E-state index >= 15 is 0 Å². The number of imidazole rings is 1. The Bertz CT molecular complexity index is 377. The van der Waals surface area contributed by atoms with E-state index in [1.807, 2.05) is 20.8 Å². The molecule has 0 fully saturated rings. The lowest BCUT2D eigenvalue weighted by atomic mass is 10.0. The second-order valence-corrected chi connectivity index (χ2v) is 3.94. The van der Waals surface area contributed by atoms with Gasteiger partial charge in [-0.2, -0.15) is 0 Å². The van der Waals surface area contributed by atoms with Gasteiger partial charge in [-0.1, -0.05) is 0 Å². The third-order valence-corrected chi connectivity index (χ3v) is 2.46. The van der Waals surface area contributed by atoms with Gasteiger partial charge >= 0.3 is 0 Å². The third-order valence-electron chi connectivity index (χ3n) is 2.14. The van der Waals surface area contributed by atoms with Crippen LogP contribution in [-0.2, 0) is 10.3 Å². The number of nitrogens with zero attached hydrogens (tertiary/aromatic N) is 1. The summed E-state index contributed by atoms with van der Waals surface area (Å²) in [6.45, 7) is 6.19. The Kier molecular flexibility index (Phi) is 3.10. The summed E-state index contributed by atoms with van der Waals surface area (Å²) in [6.07, 6.45) is 3.50. The van der Waals surface area contributed by atoms with Crippen molar-refractivity contribution in [1.82, 2.24) is 14.9 Å². The van der Waals surface area contributed by atoms with Gasteiger partial charge in [-0.3, -0.25) is 4.79 Å². The summed E-state index contributed by atoms with van der Waals surface area (Å²) in [5.74, 6) is -0.0318. The lowest BCUT2D eigenvalue weighted by Crippen LogP contribution is -2.44. The van der Waals surface area contributed by atoms with Gasteiger partial charge in [0.05, 0.1) is 0 Å². The lowest BCUT2D eigenvalue weighted by Gasteiger charge is -2.24. The predicted octanol–water partition coefficient (Wildman–Crippen LogP) is 1.42. The number of aromatic nitrogens is 2. The summed E-state index contributed by atoms with van der Waals surface area (Å²) >= 11 is 5.06. The summed E-state index contributed by atoms with van der Waals surface area (Å²) in [5.41, 5.74) is -0.646. The first kappa shape index (κ1) is 11.0. The number of hydrogen-bond acceptors (Lipinski definition) is 2. The first-order valence-corrected chi connectivity index (χ1v) is 4.95. The van der Waals surface area contributed by atoms with Crippen molar-refractivity contribution < 1.29 is 4.79 Å². The largest absolute Gasteiger partial charge is 0.354 e. The lowest BCUT2D eigenvalue weighted by molar-refractivity contribution is -0.128. The van der Waals surface area contributed by atoms with E-state index in [1.165, 1.54) is 0 Å². The summed E-state index contributed by atoms with van der Waals surface area (Å²) in [7, 11) is 0. The molecule has 0 radical (unpaired) electrons. The number of carbonyl (C=O) groups excluding carboxylic acids is 1. The van der Waals surface area contributed by atoms with Crippen molar-refractivity contribution in [2.45, 2.75) is 26.3 Å². The molecule has 0 spiro atoms. The fourth-order valence-corrected chi connectivity index (χ4v) is 1.60. The van der Waals surface area contributed by atoms with Crippen LogP contribution in [0.2, 0.25) is 0 Å². The highest BCUT2D eigenvalue weighted by atomic mass is 32.1. The van der Waals surface area contributed by atoms with Gasteiger partial charge in [0, 0.05) is 18.9 Å². The van der Waals surface area contributed by atoms with Crippen molar-refractivity contribution in [2.75, 3.05) is 6.54 Å². The zero-order valence-electron chi connectivity index (χ0n) is 8.63. The molecule has 0 atom stereocenters. The fraction of sp³-hybridized carbons (Fsp3) is 0.556. The molecule has 14 heavy (non-hydrogen) atoms. The molecule has 0 aromatic carbocycles. The van der Waals surface area contributed by atoms with Gasteiger partial charge in [-0.15, -0.1) is 0 Å². The molecule has 1 rings (SSSR count). The van der Waals surface area contributed by atoms with E-state index in [0.717, 1.165) is 0 Å². The standard InChI is InChI=1S/C9H15N3OS/c1-4-10-7(13)9(2,3)12-6-5-11-8(12)14/h5-6H,4H2,1-3H3,(H,10,13)(H,11,14). The summed E-state index contributed by atoms with van der Waals surface area (Å²) in [4.78, 5) is 14.6. The zero-order chi connectivity index (χ0) is 10.8. The number of H-pyrrole nitrogens is 1. The SMILES string of the molecule is CCNC(=O)C(C)(C)n1cc[nH]c1=S. The molecule has 4 nitrogen and oxygen atoms in total. The number of carbonyl (C=O) groups is 1. The summed E-state index contributed by atoms with van der Waals surface area (Å²) < 4.78 is 2.30. The van der Waals surface area contributed by atoms with Crippen molar-refractivity contribution >= 4 is 18.1 Å². The van der Waals surface area contributed by atoms with Crippen LogP contribution < -0.4 is 5.32 Å². The Hall–Kier alpha value is -1.10. The van der Waals surface area contributed by atoms with Crippen LogP contribution in [0.25, 0.3) is 0 Å². The number of hydrogen-bond donors (Lipinski definition) is 2. The number of likely N-dealkylation sites (N-methyl/N-ethyl adjacent to an activating group) is 1. The smallest absolute Gasteiger partial charge is 0.245 e. The Balaban J connectivity index is 3.02. The second kappa shape index (κ2) is 3.96. The van der Waals surface area contributed by atoms with Crippen LogP contribution in [0.5, 0.6) is 0 Å². The van der Waals surface area contributed by atoms with Crippen LogP contribution in [-0.4, -0.2) is 22.0 Å². The highest BCUT2D eigenvalue weighted by Crippen LogP contribution is 2.15. The first-order valence-electron chi connectivity index (χ1n) is 4.55. The number of aromatic amines is 1. The molecule has 0 unspecified atom stereocenters. The minimum atomic E-state index is -0.646. The predicted molar refractivity (Wildman–Crippen MR) is 57.6 cm³/mol. The maximum Gasteiger partial charge on any atom is 0.245 e. The maximum absolute atomic E-state index is 11.7. The van der Waals surface area contributed by atoms with E-state index in [4.69, 9.17) is 12.2 Å². The van der Waals surface area contributed by atoms with Gasteiger partial charge in [0.15, 0.2) is 4.77 Å². The molecule has 5 heteroatoms. The average Bonchev–Trinajstić information content (AvgIpc) is 2.52. The van der Waals surface area contributed by atoms with Crippen LogP contribution in [0.1, 0.15) is 20.8 Å². The van der Waals surface area contributed by atoms with Crippen molar-refractivity contribution in [3.05, 3.63) is 17.2 Å². The van der Waals surface area contributed by atoms with Crippen LogP contribution in [0.3, 0.4) is 0 Å². The van der Waals surface area contributed by atoms with E-state index in [0.29, 0.717) is 11.3 Å². The minimum absolute atomic E-state index is 0.0318. The number of nitrogens with one attached hydrogen (secondary N) is 2. The van der Waals surface area contributed by atoms with Crippen molar-refractivity contribution in [3.63, 3.8) is 0 Å². The highest BCUT2D eigenvalue weighted by molar-refractivity contribution is 7.71. The van der Waals surface area contributed by atoms with Gasteiger partial charge < -0.3 is 14.9 Å². The molecule has 0 saturated heterocycles. The Morgan fingerprint density at radius 1 is 1.71 bits per heavy atom. The topological polar surface area (TPSA) is 49.8 Å². The number of amides is 1. The molecule has 1 aromatic heterocycles. The van der Waals surface area contributed by atoms with E-state index < -0.39 is 5.54 Å². The molecule has 1 aromatic rings. The normalized spacial score (nSPS) is 11.4. The molecule has 0 aliphatic carbocycles. The molecule has 0 saturated carbocycles. The molecular weight excluding hydrogens is 198 g/mol. The van der Waals surface area contributed by atoms with E-state index in [9.17, 15) is 4.79 Å². The average molecular weight is 213 g/mol. The Labute approximate surface area is 88.3 Å². The van der Waals surface area contributed by atoms with Crippen LogP contribution in [0, 0.1) is 4.77 Å². The monoisotopic (exact) mass is 213 g/mol. The van der Waals surface area contributed by atoms with Crippen LogP contribution >= 0.6 is 12.2 Å². The molecule has 1 heterocycles. The third kappa shape index (κ3) is 1.87. The maximum atomic E-state index is 11.7. The van der Waals surface area contributed by atoms with E-state index in [1.54, 1.807) is 17.0 Å². The van der Waals surface area contributed by atoms with Crippen LogP contribution in [0.15, 0.2) is 12.4 Å². The molecule has 1 amide bonds. The first-order chi connectivity index (χ1) is 6.50. The minimum Gasteiger partial charge on any atom is -0.354 e. The van der Waals surface area contributed by atoms with E-state index in [2.05, 4.69) is 10.3 Å². The Morgan fingerprint density at radius 3 is 2.79 bits per heavy atom. The van der Waals surface area contributed by atoms with Crippen molar-refractivity contribution in [3.8, 4) is 0 Å². The van der Waals surface area contributed by atoms with Gasteiger partial charge in [0.2, 0.25) is 5.91 Å². The fourth-order valence-electron chi connectivity index (χ4n) is 1.25. The summed E-state index contributed by atoms with van der Waals surface area (Å²) in [6, 6.07) is 0. The van der Waals surface area contributed by atoms with Gasteiger partial charge in [0.1, 0.15) is 5.54 Å². The molecule has 0 aliphatic rings. The molecule has 78 valence electrons. The summed E-state index contributed by atoms with van der Waals surface area (Å²) in [5, 5.41) is 2.78. The van der Waals surface area contributed by atoms with Crippen molar-refractivity contribution in [2.24, 2.45) is 0 Å². The van der Waals surface area contributed by atoms with E-state index in [-0.39, 0.29) is 5.91 Å². The van der Waals surface area contributed by atoms with Gasteiger partial charge in [-0.05, 0) is 33.0 Å². The molecular formula is C9H15N3OS. The van der Waals surface area contributed by atoms with Gasteiger partial charge in [0.25, 0.3) is 0 Å².